The smallest absolute Gasteiger partial charge is 0.192 e. The van der Waals surface area contributed by atoms with Gasteiger partial charge < -0.3 is 9.16 Å². The largest absolute Gasteiger partial charge is 0.414 e. The molecule has 2 nitrogen and oxygen atoms in total. The Morgan fingerprint density at radius 1 is 1.26 bits per heavy atom. The third kappa shape index (κ3) is 4.70. The van der Waals surface area contributed by atoms with Crippen molar-refractivity contribution >= 4 is 24.2 Å². The van der Waals surface area contributed by atoms with Crippen LogP contribution in [0.5, 0.6) is 0 Å². The molecule has 0 aliphatic carbocycles. The summed E-state index contributed by atoms with van der Waals surface area (Å²) in [6.07, 6.45) is -0.00775. The minimum Gasteiger partial charge on any atom is -0.414 e. The lowest BCUT2D eigenvalue weighted by Gasteiger charge is -2.37. The van der Waals surface area contributed by atoms with Gasteiger partial charge >= 0.3 is 0 Å². The van der Waals surface area contributed by atoms with Crippen LogP contribution in [0.25, 0.3) is 0 Å². The van der Waals surface area contributed by atoms with Gasteiger partial charge in [-0.05, 0) is 35.8 Å². The fourth-order valence-corrected chi connectivity index (χ4v) is 2.93. The first-order valence-corrected chi connectivity index (χ1v) is 10.3. The monoisotopic (exact) mass is 344 g/mol. The SMILES string of the molecule is CO[C@@H](CO[Si](C)(C)C(C)(C)C)c1cccc(Br)c1. The predicted molar refractivity (Wildman–Crippen MR) is 87.0 cm³/mol. The summed E-state index contributed by atoms with van der Waals surface area (Å²) in [5, 5.41) is 0.225. The van der Waals surface area contributed by atoms with Crippen LogP contribution in [0.3, 0.4) is 0 Å². The highest BCUT2D eigenvalue weighted by Crippen LogP contribution is 2.37. The summed E-state index contributed by atoms with van der Waals surface area (Å²) in [5.41, 5.74) is 1.15. The molecular weight excluding hydrogens is 320 g/mol. The topological polar surface area (TPSA) is 18.5 Å². The summed E-state index contributed by atoms with van der Waals surface area (Å²) in [5.74, 6) is 0. The molecule has 0 saturated heterocycles. The average Bonchev–Trinajstić information content (AvgIpc) is 2.28. The van der Waals surface area contributed by atoms with Gasteiger partial charge in [-0.2, -0.15) is 0 Å². The highest BCUT2D eigenvalue weighted by molar-refractivity contribution is 9.10. The minimum atomic E-state index is -1.72. The van der Waals surface area contributed by atoms with Crippen molar-refractivity contribution in [2.75, 3.05) is 13.7 Å². The van der Waals surface area contributed by atoms with E-state index in [9.17, 15) is 0 Å². The lowest BCUT2D eigenvalue weighted by molar-refractivity contribution is 0.0525. The van der Waals surface area contributed by atoms with E-state index in [0.717, 1.165) is 10.0 Å². The van der Waals surface area contributed by atoms with Crippen LogP contribution in [0.2, 0.25) is 18.1 Å². The second kappa shape index (κ2) is 6.53. The number of halogens is 1. The summed E-state index contributed by atoms with van der Waals surface area (Å²) in [6.45, 7) is 11.9. The van der Waals surface area contributed by atoms with Crippen LogP contribution in [0.1, 0.15) is 32.4 Å². The minimum absolute atomic E-state index is 0.00775. The van der Waals surface area contributed by atoms with Crippen LogP contribution in [0.15, 0.2) is 28.7 Å². The van der Waals surface area contributed by atoms with Crippen LogP contribution >= 0.6 is 15.9 Å². The van der Waals surface area contributed by atoms with E-state index in [4.69, 9.17) is 9.16 Å². The van der Waals surface area contributed by atoms with Gasteiger partial charge in [0.2, 0.25) is 0 Å². The van der Waals surface area contributed by atoms with Crippen LogP contribution in [0, 0.1) is 0 Å². The van der Waals surface area contributed by atoms with Crippen molar-refractivity contribution in [1.29, 1.82) is 0 Å². The number of hydrogen-bond acceptors (Lipinski definition) is 2. The van der Waals surface area contributed by atoms with Gasteiger partial charge in [0.1, 0.15) is 6.10 Å². The first kappa shape index (κ1) is 16.9. The molecule has 0 saturated carbocycles. The number of rotatable bonds is 5. The van der Waals surface area contributed by atoms with Crippen molar-refractivity contribution in [2.45, 2.75) is 45.0 Å². The quantitative estimate of drug-likeness (QED) is 0.687. The molecule has 0 spiro atoms. The van der Waals surface area contributed by atoms with Crippen LogP contribution < -0.4 is 0 Å². The molecule has 0 N–H and O–H groups in total. The van der Waals surface area contributed by atoms with Gasteiger partial charge in [-0.3, -0.25) is 0 Å². The van der Waals surface area contributed by atoms with E-state index in [1.165, 1.54) is 0 Å². The second-order valence-electron chi connectivity index (χ2n) is 6.35. The molecule has 19 heavy (non-hydrogen) atoms. The maximum atomic E-state index is 6.24. The molecule has 4 heteroatoms. The number of hydrogen-bond donors (Lipinski definition) is 0. The third-order valence-corrected chi connectivity index (χ3v) is 8.90. The Labute approximate surface area is 126 Å². The van der Waals surface area contributed by atoms with E-state index in [-0.39, 0.29) is 11.1 Å². The molecule has 0 radical (unpaired) electrons. The molecule has 1 atom stereocenters. The van der Waals surface area contributed by atoms with Crippen LogP contribution in [0.4, 0.5) is 0 Å². The summed E-state index contributed by atoms with van der Waals surface area (Å²) in [6, 6.07) is 8.21. The van der Waals surface area contributed by atoms with Crippen LogP contribution in [-0.2, 0) is 9.16 Å². The fourth-order valence-electron chi connectivity index (χ4n) is 1.51. The molecule has 0 unspecified atom stereocenters. The second-order valence-corrected chi connectivity index (χ2v) is 12.1. The molecule has 1 aromatic rings. The van der Waals surface area contributed by atoms with Crippen molar-refractivity contribution in [2.24, 2.45) is 0 Å². The van der Waals surface area contributed by atoms with E-state index in [0.29, 0.717) is 6.61 Å². The van der Waals surface area contributed by atoms with Gasteiger partial charge in [-0.25, -0.2) is 0 Å². The standard InChI is InChI=1S/C15H25BrO2Si/c1-15(2,3)19(5,6)18-11-14(17-4)12-8-7-9-13(16)10-12/h7-10,14H,11H2,1-6H3/t14-/m0/s1. The molecular formula is C15H25BrO2Si. The van der Waals surface area contributed by atoms with Crippen molar-refractivity contribution in [3.05, 3.63) is 34.3 Å². The van der Waals surface area contributed by atoms with Crippen LogP contribution in [-0.4, -0.2) is 22.0 Å². The highest BCUT2D eigenvalue weighted by atomic mass is 79.9. The fraction of sp³-hybridized carbons (Fsp3) is 0.600. The normalized spacial score (nSPS) is 14.5. The van der Waals surface area contributed by atoms with Gasteiger partial charge in [0.15, 0.2) is 8.32 Å². The molecule has 108 valence electrons. The molecule has 0 aliphatic rings. The van der Waals surface area contributed by atoms with Gasteiger partial charge in [0.25, 0.3) is 0 Å². The Morgan fingerprint density at radius 2 is 1.89 bits per heavy atom. The molecule has 0 bridgehead atoms. The molecule has 0 aliphatic heterocycles. The highest BCUT2D eigenvalue weighted by Gasteiger charge is 2.37. The lowest BCUT2D eigenvalue weighted by Crippen LogP contribution is -2.41. The Morgan fingerprint density at radius 3 is 2.37 bits per heavy atom. The van der Waals surface area contributed by atoms with E-state index in [1.54, 1.807) is 7.11 Å². The van der Waals surface area contributed by atoms with Gasteiger partial charge in [0.05, 0.1) is 6.61 Å². The molecule has 0 aromatic heterocycles. The van der Waals surface area contributed by atoms with E-state index in [2.05, 4.69) is 61.9 Å². The molecule has 0 amide bonds. The van der Waals surface area contributed by atoms with Crippen molar-refractivity contribution in [3.8, 4) is 0 Å². The van der Waals surface area contributed by atoms with Gasteiger partial charge in [-0.1, -0.05) is 48.8 Å². The van der Waals surface area contributed by atoms with Gasteiger partial charge in [0, 0.05) is 11.6 Å². The summed E-state index contributed by atoms with van der Waals surface area (Å²) >= 11 is 3.49. The average molecular weight is 345 g/mol. The third-order valence-electron chi connectivity index (χ3n) is 3.91. The van der Waals surface area contributed by atoms with Crippen molar-refractivity contribution in [3.63, 3.8) is 0 Å². The predicted octanol–water partition coefficient (Wildman–Crippen LogP) is 5.16. The van der Waals surface area contributed by atoms with E-state index < -0.39 is 8.32 Å². The Balaban J connectivity index is 2.74. The summed E-state index contributed by atoms with van der Waals surface area (Å²) < 4.78 is 12.9. The first-order valence-electron chi connectivity index (χ1n) is 6.59. The lowest BCUT2D eigenvalue weighted by atomic mass is 10.1. The summed E-state index contributed by atoms with van der Waals surface area (Å²) in [7, 11) is 0.0145. The Kier molecular flexibility index (Phi) is 5.80. The van der Waals surface area contributed by atoms with E-state index in [1.807, 2.05) is 12.1 Å². The zero-order valence-electron chi connectivity index (χ0n) is 12.8. The van der Waals surface area contributed by atoms with E-state index >= 15 is 0 Å². The Hall–Kier alpha value is -0.163. The number of methoxy groups -OCH3 is 1. The number of ether oxygens (including phenoxy) is 1. The molecule has 1 aromatic carbocycles. The molecule has 1 rings (SSSR count). The number of benzene rings is 1. The molecule has 0 fully saturated rings. The van der Waals surface area contributed by atoms with Crippen molar-refractivity contribution < 1.29 is 9.16 Å². The maximum absolute atomic E-state index is 6.24. The first-order chi connectivity index (χ1) is 8.67. The molecule has 0 heterocycles. The zero-order chi connectivity index (χ0) is 14.7. The van der Waals surface area contributed by atoms with Gasteiger partial charge in [-0.15, -0.1) is 0 Å². The summed E-state index contributed by atoms with van der Waals surface area (Å²) in [4.78, 5) is 0. The maximum Gasteiger partial charge on any atom is 0.192 e. The van der Waals surface area contributed by atoms with Crippen molar-refractivity contribution in [1.82, 2.24) is 0 Å². The zero-order valence-corrected chi connectivity index (χ0v) is 15.4. The Bertz CT molecular complexity index is 413.